The van der Waals surface area contributed by atoms with Crippen molar-refractivity contribution in [1.82, 2.24) is 15.3 Å². The summed E-state index contributed by atoms with van der Waals surface area (Å²) in [5, 5.41) is 13.6. The van der Waals surface area contributed by atoms with Crippen LogP contribution in [0.15, 0.2) is 54.6 Å². The van der Waals surface area contributed by atoms with E-state index in [-0.39, 0.29) is 18.4 Å². The van der Waals surface area contributed by atoms with E-state index >= 15 is 0 Å². The Kier molecular flexibility index (Phi) is 4.86. The minimum absolute atomic E-state index is 0.00621. The summed E-state index contributed by atoms with van der Waals surface area (Å²) in [6.07, 6.45) is 0.701. The van der Waals surface area contributed by atoms with Gasteiger partial charge in [-0.2, -0.15) is 0 Å². The number of para-hydroxylation sites is 2. The van der Waals surface area contributed by atoms with Crippen LogP contribution in [-0.2, 0) is 10.4 Å². The summed E-state index contributed by atoms with van der Waals surface area (Å²) in [4.78, 5) is 20.3. The van der Waals surface area contributed by atoms with E-state index in [0.717, 1.165) is 22.4 Å². The summed E-state index contributed by atoms with van der Waals surface area (Å²) < 4.78 is 0. The first-order chi connectivity index (χ1) is 12.0. The number of benzene rings is 2. The molecular weight excluding hydrogens is 314 g/mol. The molecule has 5 heteroatoms. The van der Waals surface area contributed by atoms with Crippen LogP contribution in [0.4, 0.5) is 0 Å². The Labute approximate surface area is 147 Å². The molecule has 3 N–H and O–H groups in total. The first-order valence-electron chi connectivity index (χ1n) is 8.51. The van der Waals surface area contributed by atoms with Gasteiger partial charge in [0.05, 0.1) is 29.1 Å². The van der Waals surface area contributed by atoms with Gasteiger partial charge in [-0.15, -0.1) is 0 Å². The molecule has 3 rings (SSSR count). The number of carbonyl (C=O) groups excluding carboxylic acids is 1. The number of hydrogen-bond acceptors (Lipinski definition) is 3. The number of hydrogen-bond donors (Lipinski definition) is 3. The maximum Gasteiger partial charge on any atom is 0.223 e. The van der Waals surface area contributed by atoms with Crippen molar-refractivity contribution >= 4 is 16.9 Å². The highest BCUT2D eigenvalue weighted by Crippen LogP contribution is 2.25. The molecule has 3 aromatic rings. The molecule has 2 aromatic carbocycles. The van der Waals surface area contributed by atoms with Gasteiger partial charge < -0.3 is 15.4 Å². The third kappa shape index (κ3) is 3.88. The van der Waals surface area contributed by atoms with Crippen molar-refractivity contribution in [2.24, 2.45) is 0 Å². The van der Waals surface area contributed by atoms with Gasteiger partial charge in [0.1, 0.15) is 5.82 Å². The molecule has 0 unspecified atom stereocenters. The average molecular weight is 337 g/mol. The van der Waals surface area contributed by atoms with Gasteiger partial charge in [0.25, 0.3) is 0 Å². The molecule has 1 aromatic heterocycles. The van der Waals surface area contributed by atoms with Crippen molar-refractivity contribution in [1.29, 1.82) is 0 Å². The molecule has 25 heavy (non-hydrogen) atoms. The molecule has 1 amide bonds. The quantitative estimate of drug-likeness (QED) is 0.645. The molecule has 1 heterocycles. The number of nitrogens with one attached hydrogen (secondary N) is 2. The minimum Gasteiger partial charge on any atom is -0.385 e. The number of fused-ring (bicyclic) bond motifs is 1. The number of H-pyrrole nitrogens is 1. The van der Waals surface area contributed by atoms with Crippen LogP contribution in [0.1, 0.15) is 44.1 Å². The monoisotopic (exact) mass is 337 g/mol. The maximum atomic E-state index is 12.5. The zero-order chi connectivity index (χ0) is 17.9. The van der Waals surface area contributed by atoms with E-state index in [2.05, 4.69) is 15.3 Å². The average Bonchev–Trinajstić information content (AvgIpc) is 3.04. The molecular formula is C20H23N3O2. The van der Waals surface area contributed by atoms with E-state index in [1.165, 1.54) is 0 Å². The summed E-state index contributed by atoms with van der Waals surface area (Å²) in [5.41, 5.74) is 1.34. The lowest BCUT2D eigenvalue weighted by atomic mass is 9.92. The van der Waals surface area contributed by atoms with E-state index in [1.807, 2.05) is 61.5 Å². The van der Waals surface area contributed by atoms with Crippen LogP contribution < -0.4 is 5.32 Å². The second-order valence-corrected chi connectivity index (χ2v) is 6.48. The number of imidazole rings is 1. The lowest BCUT2D eigenvalue weighted by molar-refractivity contribution is -0.126. The van der Waals surface area contributed by atoms with Crippen LogP contribution in [0.25, 0.3) is 11.0 Å². The van der Waals surface area contributed by atoms with Crippen LogP contribution in [0.5, 0.6) is 0 Å². The van der Waals surface area contributed by atoms with E-state index < -0.39 is 5.60 Å². The zero-order valence-electron chi connectivity index (χ0n) is 14.5. The predicted molar refractivity (Wildman–Crippen MR) is 97.9 cm³/mol. The van der Waals surface area contributed by atoms with E-state index in [9.17, 15) is 9.90 Å². The zero-order valence-corrected chi connectivity index (χ0v) is 14.5. The number of nitrogens with zero attached hydrogens (tertiary/aromatic N) is 1. The first kappa shape index (κ1) is 17.2. The summed E-state index contributed by atoms with van der Waals surface area (Å²) in [6.45, 7) is 3.65. The Morgan fingerprint density at radius 1 is 1.20 bits per heavy atom. The van der Waals surface area contributed by atoms with Gasteiger partial charge in [0.15, 0.2) is 0 Å². The number of amides is 1. The van der Waals surface area contributed by atoms with Crippen molar-refractivity contribution in [2.75, 3.05) is 0 Å². The number of aromatic nitrogens is 2. The molecule has 2 atom stereocenters. The Morgan fingerprint density at radius 2 is 1.88 bits per heavy atom. The highest BCUT2D eigenvalue weighted by molar-refractivity contribution is 5.78. The molecule has 0 bridgehead atoms. The number of aliphatic hydroxyl groups is 1. The lowest BCUT2D eigenvalue weighted by Gasteiger charge is -2.24. The van der Waals surface area contributed by atoms with Crippen molar-refractivity contribution in [3.63, 3.8) is 0 Å². The molecule has 0 aliphatic heterocycles. The van der Waals surface area contributed by atoms with Crippen LogP contribution in [-0.4, -0.2) is 21.0 Å². The summed E-state index contributed by atoms with van der Waals surface area (Å²) in [6, 6.07) is 16.8. The first-order valence-corrected chi connectivity index (χ1v) is 8.51. The SMILES string of the molecule is CC[C@@H](NC(=O)C[C@@](C)(O)c1ccccc1)c1nc2ccccc2[nH]1. The molecule has 0 saturated heterocycles. The van der Waals surface area contributed by atoms with Crippen LogP contribution in [0.3, 0.4) is 0 Å². The third-order valence-corrected chi connectivity index (χ3v) is 4.38. The van der Waals surface area contributed by atoms with Gasteiger partial charge >= 0.3 is 0 Å². The summed E-state index contributed by atoms with van der Waals surface area (Å²) in [7, 11) is 0. The number of aromatic amines is 1. The molecule has 0 radical (unpaired) electrons. The molecule has 130 valence electrons. The van der Waals surface area contributed by atoms with E-state index in [4.69, 9.17) is 0 Å². The van der Waals surface area contributed by atoms with Crippen molar-refractivity contribution in [3.05, 3.63) is 66.0 Å². The van der Waals surface area contributed by atoms with Gasteiger partial charge in [0, 0.05) is 0 Å². The Morgan fingerprint density at radius 3 is 2.56 bits per heavy atom. The molecule has 0 spiro atoms. The Balaban J connectivity index is 1.72. The predicted octanol–water partition coefficient (Wildman–Crippen LogP) is 3.43. The fourth-order valence-electron chi connectivity index (χ4n) is 2.96. The molecule has 5 nitrogen and oxygen atoms in total. The second-order valence-electron chi connectivity index (χ2n) is 6.48. The normalized spacial score (nSPS) is 14.8. The topological polar surface area (TPSA) is 78.0 Å². The maximum absolute atomic E-state index is 12.5. The second kappa shape index (κ2) is 7.07. The fourth-order valence-corrected chi connectivity index (χ4v) is 2.96. The van der Waals surface area contributed by atoms with Gasteiger partial charge in [-0.1, -0.05) is 49.4 Å². The van der Waals surface area contributed by atoms with Crippen molar-refractivity contribution in [3.8, 4) is 0 Å². The fraction of sp³-hybridized carbons (Fsp3) is 0.300. The number of rotatable bonds is 6. The lowest BCUT2D eigenvalue weighted by Crippen LogP contribution is -2.35. The minimum atomic E-state index is -1.21. The van der Waals surface area contributed by atoms with E-state index in [0.29, 0.717) is 6.42 Å². The van der Waals surface area contributed by atoms with Gasteiger partial charge in [-0.25, -0.2) is 4.98 Å². The van der Waals surface area contributed by atoms with Gasteiger partial charge in [-0.05, 0) is 31.0 Å². The molecule has 0 aliphatic carbocycles. The summed E-state index contributed by atoms with van der Waals surface area (Å²) >= 11 is 0. The van der Waals surface area contributed by atoms with E-state index in [1.54, 1.807) is 6.92 Å². The largest absolute Gasteiger partial charge is 0.385 e. The van der Waals surface area contributed by atoms with Crippen molar-refractivity contribution in [2.45, 2.75) is 38.3 Å². The van der Waals surface area contributed by atoms with Crippen LogP contribution in [0.2, 0.25) is 0 Å². The molecule has 0 fully saturated rings. The highest BCUT2D eigenvalue weighted by Gasteiger charge is 2.28. The van der Waals surface area contributed by atoms with Crippen molar-refractivity contribution < 1.29 is 9.90 Å². The Hall–Kier alpha value is -2.66. The summed E-state index contributed by atoms with van der Waals surface area (Å²) in [5.74, 6) is 0.526. The molecule has 0 saturated carbocycles. The standard InChI is InChI=1S/C20H23N3O2/c1-3-15(19-22-16-11-7-8-12-17(16)23-19)21-18(24)13-20(2,25)14-9-5-4-6-10-14/h4-12,15,25H,3,13H2,1-2H3,(H,21,24)(H,22,23)/t15-,20-/m1/s1. The van der Waals surface area contributed by atoms with Crippen LogP contribution in [0, 0.1) is 0 Å². The van der Waals surface area contributed by atoms with Gasteiger partial charge in [-0.3, -0.25) is 4.79 Å². The Bertz CT molecular complexity index is 823. The highest BCUT2D eigenvalue weighted by atomic mass is 16.3. The molecule has 0 aliphatic rings. The smallest absolute Gasteiger partial charge is 0.223 e. The number of carbonyl (C=O) groups is 1. The third-order valence-electron chi connectivity index (χ3n) is 4.38. The van der Waals surface area contributed by atoms with Gasteiger partial charge in [0.2, 0.25) is 5.91 Å². The van der Waals surface area contributed by atoms with Crippen LogP contribution >= 0.6 is 0 Å².